The molecule has 0 aliphatic heterocycles. The molecular weight excluding hydrogens is 278 g/mol. The first kappa shape index (κ1) is 18.3. The minimum absolute atomic E-state index is 0.0682. The lowest BCUT2D eigenvalue weighted by Gasteiger charge is -2.25. The van der Waals surface area contributed by atoms with E-state index in [-0.39, 0.29) is 17.2 Å². The van der Waals surface area contributed by atoms with Crippen LogP contribution >= 0.6 is 0 Å². The van der Waals surface area contributed by atoms with Crippen molar-refractivity contribution < 1.29 is 14.3 Å². The Morgan fingerprint density at radius 3 is 2.18 bits per heavy atom. The van der Waals surface area contributed by atoms with E-state index in [0.717, 1.165) is 5.56 Å². The van der Waals surface area contributed by atoms with Gasteiger partial charge < -0.3 is 14.8 Å². The second-order valence-electron chi connectivity index (χ2n) is 6.92. The molecule has 4 heteroatoms. The van der Waals surface area contributed by atoms with Crippen LogP contribution in [0.25, 0.3) is 0 Å². The zero-order valence-corrected chi connectivity index (χ0v) is 14.8. The minimum atomic E-state index is -0.376. The van der Waals surface area contributed by atoms with Crippen LogP contribution in [0.1, 0.15) is 46.1 Å². The summed E-state index contributed by atoms with van der Waals surface area (Å²) in [5, 5.41) is 3.06. The summed E-state index contributed by atoms with van der Waals surface area (Å²) in [6.07, 6.45) is 0. The van der Waals surface area contributed by atoms with E-state index >= 15 is 0 Å². The Hall–Kier alpha value is -1.71. The maximum Gasteiger partial charge on any atom is 0.225 e. The number of rotatable bonds is 6. The van der Waals surface area contributed by atoms with Gasteiger partial charge in [-0.3, -0.25) is 4.79 Å². The molecule has 1 aromatic carbocycles. The maximum atomic E-state index is 12.1. The molecule has 0 aromatic heterocycles. The highest BCUT2D eigenvalue weighted by atomic mass is 16.5. The average Bonchev–Trinajstić information content (AvgIpc) is 2.45. The molecule has 0 radical (unpaired) electrons. The zero-order valence-electron chi connectivity index (χ0n) is 14.8. The maximum absolute atomic E-state index is 12.1. The summed E-state index contributed by atoms with van der Waals surface area (Å²) >= 11 is 0. The zero-order chi connectivity index (χ0) is 16.9. The van der Waals surface area contributed by atoms with E-state index in [9.17, 15) is 4.79 Å². The molecule has 124 valence electrons. The molecule has 1 unspecified atom stereocenters. The third kappa shape index (κ3) is 4.65. The van der Waals surface area contributed by atoms with Crippen molar-refractivity contribution >= 4 is 5.91 Å². The Morgan fingerprint density at radius 2 is 1.73 bits per heavy atom. The fourth-order valence-corrected chi connectivity index (χ4v) is 2.29. The van der Waals surface area contributed by atoms with E-state index < -0.39 is 0 Å². The SMILES string of the molecule is COc1ccc(C(CNC(=O)C(C)(C)C)C(C)C)cc1OC. The molecule has 1 amide bonds. The molecule has 0 saturated heterocycles. The number of methoxy groups -OCH3 is 2. The van der Waals surface area contributed by atoms with Crippen LogP contribution in [0.15, 0.2) is 18.2 Å². The summed E-state index contributed by atoms with van der Waals surface area (Å²) in [5.74, 6) is 2.13. The van der Waals surface area contributed by atoms with Gasteiger partial charge in [0, 0.05) is 17.9 Å². The molecule has 22 heavy (non-hydrogen) atoms. The van der Waals surface area contributed by atoms with Crippen molar-refractivity contribution in [1.29, 1.82) is 0 Å². The van der Waals surface area contributed by atoms with E-state index in [1.807, 2.05) is 39.0 Å². The largest absolute Gasteiger partial charge is 0.493 e. The summed E-state index contributed by atoms with van der Waals surface area (Å²) in [6.45, 7) is 10.7. The smallest absolute Gasteiger partial charge is 0.225 e. The number of carbonyl (C=O) groups is 1. The van der Waals surface area contributed by atoms with Gasteiger partial charge in [-0.2, -0.15) is 0 Å². The summed E-state index contributed by atoms with van der Waals surface area (Å²) in [6, 6.07) is 5.94. The fraction of sp³-hybridized carbons (Fsp3) is 0.611. The molecule has 1 atom stereocenters. The number of nitrogens with one attached hydrogen (secondary N) is 1. The quantitative estimate of drug-likeness (QED) is 0.873. The van der Waals surface area contributed by atoms with Gasteiger partial charge in [0.15, 0.2) is 11.5 Å². The van der Waals surface area contributed by atoms with Crippen molar-refractivity contribution in [2.45, 2.75) is 40.5 Å². The summed E-state index contributed by atoms with van der Waals surface area (Å²) in [4.78, 5) is 12.1. The molecular formula is C18H29NO3. The highest BCUT2D eigenvalue weighted by Gasteiger charge is 2.24. The number of hydrogen-bond donors (Lipinski definition) is 1. The molecule has 1 N–H and O–H groups in total. The summed E-state index contributed by atoms with van der Waals surface area (Å²) in [5.41, 5.74) is 0.765. The molecule has 0 bridgehead atoms. The molecule has 0 spiro atoms. The van der Waals surface area contributed by atoms with Crippen LogP contribution in [-0.4, -0.2) is 26.7 Å². The fourth-order valence-electron chi connectivity index (χ4n) is 2.29. The lowest BCUT2D eigenvalue weighted by atomic mass is 9.87. The molecule has 0 fully saturated rings. The van der Waals surface area contributed by atoms with Crippen molar-refractivity contribution in [3.05, 3.63) is 23.8 Å². The normalized spacial score (nSPS) is 12.9. The lowest BCUT2D eigenvalue weighted by molar-refractivity contribution is -0.128. The second kappa shape index (κ2) is 7.52. The molecule has 4 nitrogen and oxygen atoms in total. The van der Waals surface area contributed by atoms with E-state index in [0.29, 0.717) is 24.0 Å². The Bertz CT molecular complexity index is 504. The van der Waals surface area contributed by atoms with Gasteiger partial charge in [0.25, 0.3) is 0 Å². The van der Waals surface area contributed by atoms with E-state index in [1.54, 1.807) is 14.2 Å². The molecule has 0 saturated carbocycles. The van der Waals surface area contributed by atoms with Crippen molar-refractivity contribution in [2.24, 2.45) is 11.3 Å². The Balaban J connectivity index is 2.94. The van der Waals surface area contributed by atoms with Crippen LogP contribution in [0.3, 0.4) is 0 Å². The van der Waals surface area contributed by atoms with E-state index in [4.69, 9.17) is 9.47 Å². The standard InChI is InChI=1S/C18H29NO3/c1-12(2)14(11-19-17(20)18(3,4)5)13-8-9-15(21-6)16(10-13)22-7/h8-10,12,14H,11H2,1-7H3,(H,19,20). The minimum Gasteiger partial charge on any atom is -0.493 e. The predicted octanol–water partition coefficient (Wildman–Crippen LogP) is 3.61. The van der Waals surface area contributed by atoms with Gasteiger partial charge in [0.05, 0.1) is 14.2 Å². The topological polar surface area (TPSA) is 47.6 Å². The monoisotopic (exact) mass is 307 g/mol. The van der Waals surface area contributed by atoms with Crippen molar-refractivity contribution in [3.8, 4) is 11.5 Å². The van der Waals surface area contributed by atoms with Gasteiger partial charge in [0.1, 0.15) is 0 Å². The Labute approximate surface area is 134 Å². The Morgan fingerprint density at radius 1 is 1.14 bits per heavy atom. The number of amides is 1. The first-order valence-corrected chi connectivity index (χ1v) is 7.71. The van der Waals surface area contributed by atoms with Crippen LogP contribution < -0.4 is 14.8 Å². The lowest BCUT2D eigenvalue weighted by Crippen LogP contribution is -2.38. The predicted molar refractivity (Wildman–Crippen MR) is 89.6 cm³/mol. The summed E-state index contributed by atoms with van der Waals surface area (Å²) < 4.78 is 10.7. The molecule has 1 aromatic rings. The first-order chi connectivity index (χ1) is 10.2. The highest BCUT2D eigenvalue weighted by Crippen LogP contribution is 2.33. The van der Waals surface area contributed by atoms with E-state index in [1.165, 1.54) is 0 Å². The average molecular weight is 307 g/mol. The first-order valence-electron chi connectivity index (χ1n) is 7.71. The third-order valence-corrected chi connectivity index (χ3v) is 3.80. The molecule has 0 aliphatic rings. The van der Waals surface area contributed by atoms with Crippen LogP contribution in [0.5, 0.6) is 11.5 Å². The van der Waals surface area contributed by atoms with Gasteiger partial charge in [-0.1, -0.05) is 40.7 Å². The van der Waals surface area contributed by atoms with Gasteiger partial charge in [-0.25, -0.2) is 0 Å². The van der Waals surface area contributed by atoms with Crippen LogP contribution in [0, 0.1) is 11.3 Å². The second-order valence-corrected chi connectivity index (χ2v) is 6.92. The van der Waals surface area contributed by atoms with Crippen molar-refractivity contribution in [3.63, 3.8) is 0 Å². The van der Waals surface area contributed by atoms with Gasteiger partial charge in [0.2, 0.25) is 5.91 Å². The van der Waals surface area contributed by atoms with Gasteiger partial charge in [-0.15, -0.1) is 0 Å². The highest BCUT2D eigenvalue weighted by molar-refractivity contribution is 5.81. The Kier molecular flexibility index (Phi) is 6.27. The summed E-state index contributed by atoms with van der Waals surface area (Å²) in [7, 11) is 3.26. The third-order valence-electron chi connectivity index (χ3n) is 3.80. The number of ether oxygens (including phenoxy) is 2. The van der Waals surface area contributed by atoms with E-state index in [2.05, 4.69) is 19.2 Å². The van der Waals surface area contributed by atoms with Gasteiger partial charge >= 0.3 is 0 Å². The number of benzene rings is 1. The van der Waals surface area contributed by atoms with Gasteiger partial charge in [-0.05, 0) is 23.6 Å². The van der Waals surface area contributed by atoms with Crippen molar-refractivity contribution in [2.75, 3.05) is 20.8 Å². The molecule has 0 heterocycles. The number of carbonyl (C=O) groups excluding carboxylic acids is 1. The van der Waals surface area contributed by atoms with Crippen LogP contribution in [0.4, 0.5) is 0 Å². The van der Waals surface area contributed by atoms with Crippen LogP contribution in [-0.2, 0) is 4.79 Å². The number of hydrogen-bond acceptors (Lipinski definition) is 3. The van der Waals surface area contributed by atoms with Crippen molar-refractivity contribution in [1.82, 2.24) is 5.32 Å². The molecule has 0 aliphatic carbocycles. The molecule has 1 rings (SSSR count). The van der Waals surface area contributed by atoms with Crippen LogP contribution in [0.2, 0.25) is 0 Å².